The molecule has 0 atom stereocenters. The van der Waals surface area contributed by atoms with Gasteiger partial charge in [-0.15, -0.1) is 0 Å². The third kappa shape index (κ3) is 2.44. The van der Waals surface area contributed by atoms with Crippen LogP contribution in [0.3, 0.4) is 0 Å². The minimum atomic E-state index is 0.0613. The maximum atomic E-state index is 4.64. The summed E-state index contributed by atoms with van der Waals surface area (Å²) in [6.07, 6.45) is 6.35. The van der Waals surface area contributed by atoms with E-state index in [-0.39, 0.29) is 5.41 Å². The van der Waals surface area contributed by atoms with Gasteiger partial charge >= 0.3 is 0 Å². The normalized spacial score (nSPS) is 17.7. The number of hydrogen-bond acceptors (Lipinski definition) is 3. The van der Waals surface area contributed by atoms with Gasteiger partial charge in [-0.05, 0) is 24.3 Å². The molecule has 3 rings (SSSR count). The number of aromatic nitrogens is 3. The zero-order chi connectivity index (χ0) is 13.7. The molecule has 1 aliphatic rings. The van der Waals surface area contributed by atoms with E-state index < -0.39 is 0 Å². The van der Waals surface area contributed by atoms with Gasteiger partial charge in [0.05, 0.1) is 5.69 Å². The van der Waals surface area contributed by atoms with Crippen LogP contribution < -0.4 is 5.32 Å². The van der Waals surface area contributed by atoms with Crippen LogP contribution in [0.25, 0.3) is 5.52 Å². The van der Waals surface area contributed by atoms with Gasteiger partial charge in [0.25, 0.3) is 0 Å². The Morgan fingerprint density at radius 2 is 2.11 bits per heavy atom. The summed E-state index contributed by atoms with van der Waals surface area (Å²) >= 11 is 0. The van der Waals surface area contributed by atoms with Crippen molar-refractivity contribution in [3.63, 3.8) is 0 Å². The number of hydrogen-bond donors (Lipinski definition) is 1. The molecule has 19 heavy (non-hydrogen) atoms. The minimum absolute atomic E-state index is 0.0613. The zero-order valence-corrected chi connectivity index (χ0v) is 12.2. The Morgan fingerprint density at radius 3 is 2.74 bits per heavy atom. The number of nitrogens with zero attached hydrogens (tertiary/aromatic N) is 3. The predicted octanol–water partition coefficient (Wildman–Crippen LogP) is 3.24. The van der Waals surface area contributed by atoms with Gasteiger partial charge in [0, 0.05) is 24.4 Å². The molecule has 2 heterocycles. The summed E-state index contributed by atoms with van der Waals surface area (Å²) < 4.78 is 1.92. The summed E-state index contributed by atoms with van der Waals surface area (Å²) in [4.78, 5) is 4.46. The van der Waals surface area contributed by atoms with Crippen molar-refractivity contribution in [3.8, 4) is 0 Å². The molecule has 1 saturated carbocycles. The van der Waals surface area contributed by atoms with Crippen molar-refractivity contribution in [2.24, 2.45) is 5.41 Å². The SMILES string of the molecule is CC1(CNc2nccn3nc(C(C)(C)C)cc23)CC1. The lowest BCUT2D eigenvalue weighted by Crippen LogP contribution is -2.13. The smallest absolute Gasteiger partial charge is 0.152 e. The third-order valence-electron chi connectivity index (χ3n) is 3.94. The Labute approximate surface area is 114 Å². The Hall–Kier alpha value is -1.58. The Kier molecular flexibility index (Phi) is 2.59. The molecule has 0 amide bonds. The third-order valence-corrected chi connectivity index (χ3v) is 3.94. The first kappa shape index (κ1) is 12.5. The standard InChI is InChI=1S/C15H22N4/c1-14(2,3)12-9-11-13(16-7-8-19(11)18-12)17-10-15(4)5-6-15/h7-9H,5-6,10H2,1-4H3,(H,16,17). The van der Waals surface area contributed by atoms with Crippen molar-refractivity contribution in [1.82, 2.24) is 14.6 Å². The second kappa shape index (κ2) is 3.95. The molecular weight excluding hydrogens is 236 g/mol. The van der Waals surface area contributed by atoms with Gasteiger partial charge in [-0.2, -0.15) is 5.10 Å². The molecule has 0 unspecified atom stereocenters. The second-order valence-corrected chi connectivity index (χ2v) is 7.05. The number of anilines is 1. The molecule has 0 saturated heterocycles. The van der Waals surface area contributed by atoms with Crippen molar-refractivity contribution in [1.29, 1.82) is 0 Å². The summed E-state index contributed by atoms with van der Waals surface area (Å²) in [5.41, 5.74) is 2.70. The Bertz CT molecular complexity index is 602. The number of nitrogens with one attached hydrogen (secondary N) is 1. The highest BCUT2D eigenvalue weighted by molar-refractivity contribution is 5.68. The lowest BCUT2D eigenvalue weighted by Gasteiger charge is -2.13. The Morgan fingerprint density at radius 1 is 1.37 bits per heavy atom. The molecule has 0 bridgehead atoms. The van der Waals surface area contributed by atoms with E-state index in [4.69, 9.17) is 0 Å². The molecule has 2 aromatic rings. The molecule has 0 radical (unpaired) electrons. The van der Waals surface area contributed by atoms with E-state index in [1.165, 1.54) is 12.8 Å². The van der Waals surface area contributed by atoms with Gasteiger partial charge in [0.1, 0.15) is 5.52 Å². The Balaban J connectivity index is 1.93. The fourth-order valence-electron chi connectivity index (χ4n) is 2.11. The zero-order valence-electron chi connectivity index (χ0n) is 12.2. The van der Waals surface area contributed by atoms with Crippen LogP contribution in [-0.2, 0) is 5.41 Å². The van der Waals surface area contributed by atoms with E-state index in [2.05, 4.69) is 49.2 Å². The highest BCUT2D eigenvalue weighted by atomic mass is 15.2. The van der Waals surface area contributed by atoms with Gasteiger partial charge in [0.15, 0.2) is 5.82 Å². The van der Waals surface area contributed by atoms with E-state index in [0.29, 0.717) is 5.41 Å². The van der Waals surface area contributed by atoms with Crippen LogP contribution in [-0.4, -0.2) is 21.1 Å². The molecule has 1 aliphatic carbocycles. The van der Waals surface area contributed by atoms with Crippen molar-refractivity contribution >= 4 is 11.3 Å². The largest absolute Gasteiger partial charge is 0.368 e. The highest BCUT2D eigenvalue weighted by Gasteiger charge is 2.37. The molecular formula is C15H22N4. The highest BCUT2D eigenvalue weighted by Crippen LogP contribution is 2.44. The molecule has 0 aromatic carbocycles. The maximum absolute atomic E-state index is 4.64. The summed E-state index contributed by atoms with van der Waals surface area (Å²) in [5.74, 6) is 0.943. The van der Waals surface area contributed by atoms with Crippen LogP contribution in [0, 0.1) is 5.41 Å². The van der Waals surface area contributed by atoms with Gasteiger partial charge in [0.2, 0.25) is 0 Å². The molecule has 102 valence electrons. The van der Waals surface area contributed by atoms with Crippen molar-refractivity contribution in [2.45, 2.75) is 46.0 Å². The van der Waals surface area contributed by atoms with E-state index in [0.717, 1.165) is 23.6 Å². The summed E-state index contributed by atoms with van der Waals surface area (Å²) in [6.45, 7) is 9.86. The lowest BCUT2D eigenvalue weighted by atomic mass is 9.92. The molecule has 1 N–H and O–H groups in total. The number of rotatable bonds is 3. The van der Waals surface area contributed by atoms with Crippen molar-refractivity contribution in [3.05, 3.63) is 24.2 Å². The van der Waals surface area contributed by atoms with E-state index >= 15 is 0 Å². The average molecular weight is 258 g/mol. The van der Waals surface area contributed by atoms with Crippen LogP contribution in [0.4, 0.5) is 5.82 Å². The van der Waals surface area contributed by atoms with Gasteiger partial charge in [-0.25, -0.2) is 9.50 Å². The van der Waals surface area contributed by atoms with Crippen LogP contribution in [0.5, 0.6) is 0 Å². The van der Waals surface area contributed by atoms with Crippen LogP contribution >= 0.6 is 0 Å². The summed E-state index contributed by atoms with van der Waals surface area (Å²) in [6, 6.07) is 2.14. The lowest BCUT2D eigenvalue weighted by molar-refractivity contribution is 0.562. The van der Waals surface area contributed by atoms with E-state index in [1.54, 1.807) is 0 Å². The maximum Gasteiger partial charge on any atom is 0.152 e. The summed E-state index contributed by atoms with van der Waals surface area (Å²) in [7, 11) is 0. The molecule has 0 spiro atoms. The second-order valence-electron chi connectivity index (χ2n) is 7.05. The fraction of sp³-hybridized carbons (Fsp3) is 0.600. The van der Waals surface area contributed by atoms with Crippen LogP contribution in [0.1, 0.15) is 46.2 Å². The average Bonchev–Trinajstić information content (AvgIpc) is 2.90. The molecule has 2 aromatic heterocycles. The quantitative estimate of drug-likeness (QED) is 0.919. The first-order valence-electron chi connectivity index (χ1n) is 6.96. The molecule has 0 aliphatic heterocycles. The molecule has 1 fully saturated rings. The van der Waals surface area contributed by atoms with Crippen molar-refractivity contribution in [2.75, 3.05) is 11.9 Å². The molecule has 4 heteroatoms. The van der Waals surface area contributed by atoms with E-state index in [1.807, 2.05) is 16.9 Å². The van der Waals surface area contributed by atoms with Crippen molar-refractivity contribution < 1.29 is 0 Å². The van der Waals surface area contributed by atoms with Gasteiger partial charge < -0.3 is 5.32 Å². The minimum Gasteiger partial charge on any atom is -0.368 e. The first-order chi connectivity index (χ1) is 8.87. The van der Waals surface area contributed by atoms with Crippen LogP contribution in [0.15, 0.2) is 18.5 Å². The van der Waals surface area contributed by atoms with E-state index in [9.17, 15) is 0 Å². The van der Waals surface area contributed by atoms with Crippen LogP contribution in [0.2, 0.25) is 0 Å². The fourth-order valence-corrected chi connectivity index (χ4v) is 2.11. The monoisotopic (exact) mass is 258 g/mol. The van der Waals surface area contributed by atoms with Gasteiger partial charge in [-0.3, -0.25) is 0 Å². The van der Waals surface area contributed by atoms with Gasteiger partial charge in [-0.1, -0.05) is 27.7 Å². The summed E-state index contributed by atoms with van der Waals surface area (Å²) in [5, 5.41) is 8.12. The topological polar surface area (TPSA) is 42.2 Å². The first-order valence-corrected chi connectivity index (χ1v) is 6.96. The predicted molar refractivity (Wildman–Crippen MR) is 77.5 cm³/mol. The molecule has 4 nitrogen and oxygen atoms in total. The number of fused-ring (bicyclic) bond motifs is 1.